The number of hydrogen-bond acceptors (Lipinski definition) is 3. The number of hydrogen-bond donors (Lipinski definition) is 1. The molecule has 86 valence electrons. The van der Waals surface area contributed by atoms with Crippen LogP contribution in [0.2, 0.25) is 5.02 Å². The highest BCUT2D eigenvalue weighted by Crippen LogP contribution is 2.28. The Morgan fingerprint density at radius 2 is 2.06 bits per heavy atom. The lowest BCUT2D eigenvalue weighted by Gasteiger charge is -2.11. The molecule has 1 heterocycles. The van der Waals surface area contributed by atoms with Gasteiger partial charge in [-0.1, -0.05) is 11.6 Å². The topological polar surface area (TPSA) is 35.8 Å². The van der Waals surface area contributed by atoms with Crippen molar-refractivity contribution >= 4 is 44.6 Å². The first-order valence-electron chi connectivity index (χ1n) is 4.84. The summed E-state index contributed by atoms with van der Waals surface area (Å²) in [6.07, 6.45) is 0. The quantitative estimate of drug-likeness (QED) is 0.875. The van der Waals surface area contributed by atoms with Gasteiger partial charge in [-0.2, -0.15) is 5.26 Å². The highest BCUT2D eigenvalue weighted by atomic mass is 79.9. The smallest absolute Gasteiger partial charge is 0.149 e. The summed E-state index contributed by atoms with van der Waals surface area (Å²) in [7, 11) is 0. The molecule has 0 aliphatic rings. The summed E-state index contributed by atoms with van der Waals surface area (Å²) in [5.74, 6) is 0. The fourth-order valence-electron chi connectivity index (χ4n) is 1.36. The van der Waals surface area contributed by atoms with E-state index in [1.54, 1.807) is 23.5 Å². The Balaban J connectivity index is 2.16. The third-order valence-corrected chi connectivity index (χ3v) is 4.17. The van der Waals surface area contributed by atoms with Crippen LogP contribution in [0.5, 0.6) is 0 Å². The van der Waals surface area contributed by atoms with Crippen LogP contribution >= 0.6 is 38.9 Å². The van der Waals surface area contributed by atoms with Crippen LogP contribution in [0.4, 0.5) is 5.69 Å². The second-order valence-electron chi connectivity index (χ2n) is 3.38. The first-order chi connectivity index (χ1) is 8.19. The van der Waals surface area contributed by atoms with Crippen molar-refractivity contribution < 1.29 is 0 Å². The van der Waals surface area contributed by atoms with E-state index in [0.717, 1.165) is 15.0 Å². The number of benzene rings is 1. The number of rotatable bonds is 3. The molecule has 0 saturated heterocycles. The highest BCUT2D eigenvalue weighted by Gasteiger charge is 2.12. The van der Waals surface area contributed by atoms with Crippen molar-refractivity contribution in [3.63, 3.8) is 0 Å². The summed E-state index contributed by atoms with van der Waals surface area (Å²) >= 11 is 10.7. The van der Waals surface area contributed by atoms with Gasteiger partial charge in [0.25, 0.3) is 0 Å². The van der Waals surface area contributed by atoms with Crippen molar-refractivity contribution in [2.24, 2.45) is 0 Å². The van der Waals surface area contributed by atoms with Crippen LogP contribution < -0.4 is 5.32 Å². The summed E-state index contributed by atoms with van der Waals surface area (Å²) in [6, 6.07) is 11.1. The lowest BCUT2D eigenvalue weighted by Crippen LogP contribution is -2.06. The zero-order valence-corrected chi connectivity index (χ0v) is 11.8. The number of anilines is 1. The Bertz CT molecular complexity index is 544. The van der Waals surface area contributed by atoms with Gasteiger partial charge in [0, 0.05) is 25.4 Å². The van der Waals surface area contributed by atoms with E-state index in [9.17, 15) is 0 Å². The Hall–Kier alpha value is -1.02. The van der Waals surface area contributed by atoms with Gasteiger partial charge in [-0.05, 0) is 46.3 Å². The monoisotopic (exact) mass is 326 g/mol. The van der Waals surface area contributed by atoms with E-state index in [2.05, 4.69) is 27.3 Å². The molecule has 1 aromatic carbocycles. The van der Waals surface area contributed by atoms with E-state index < -0.39 is 0 Å². The molecule has 0 spiro atoms. The summed E-state index contributed by atoms with van der Waals surface area (Å²) in [5.41, 5.74) is 0.880. The minimum Gasteiger partial charge on any atom is -0.366 e. The SMILES string of the molecule is N#CC(Nc1ccc(Cl)cc1)c1cc(Br)cs1. The molecule has 1 unspecified atom stereocenters. The average Bonchev–Trinajstić information content (AvgIpc) is 2.75. The zero-order valence-electron chi connectivity index (χ0n) is 8.65. The van der Waals surface area contributed by atoms with Crippen LogP contribution in [0.15, 0.2) is 40.2 Å². The molecule has 1 atom stereocenters. The van der Waals surface area contributed by atoms with E-state index in [4.69, 9.17) is 16.9 Å². The van der Waals surface area contributed by atoms with Gasteiger partial charge in [0.1, 0.15) is 6.04 Å². The van der Waals surface area contributed by atoms with Crippen molar-refractivity contribution in [1.29, 1.82) is 5.26 Å². The predicted molar refractivity (Wildman–Crippen MR) is 75.4 cm³/mol. The maximum absolute atomic E-state index is 9.16. The van der Waals surface area contributed by atoms with Crippen molar-refractivity contribution in [3.8, 4) is 6.07 Å². The molecular weight excluding hydrogens is 320 g/mol. The van der Waals surface area contributed by atoms with Crippen molar-refractivity contribution in [2.45, 2.75) is 6.04 Å². The van der Waals surface area contributed by atoms with E-state index in [0.29, 0.717) is 5.02 Å². The molecule has 0 fully saturated rings. The zero-order chi connectivity index (χ0) is 12.3. The number of nitrogens with zero attached hydrogens (tertiary/aromatic N) is 1. The number of thiophene rings is 1. The molecule has 17 heavy (non-hydrogen) atoms. The molecule has 0 radical (unpaired) electrons. The Morgan fingerprint density at radius 3 is 2.59 bits per heavy atom. The Labute approximate surface area is 117 Å². The average molecular weight is 328 g/mol. The summed E-state index contributed by atoms with van der Waals surface area (Å²) < 4.78 is 0.996. The molecule has 0 aliphatic carbocycles. The standard InChI is InChI=1S/C12H8BrClN2S/c13-8-5-12(17-7-8)11(6-15)16-10-3-1-9(14)2-4-10/h1-5,7,11,16H. The van der Waals surface area contributed by atoms with Gasteiger partial charge in [0.05, 0.1) is 6.07 Å². The fraction of sp³-hybridized carbons (Fsp3) is 0.0833. The third kappa shape index (κ3) is 3.22. The lowest BCUT2D eigenvalue weighted by molar-refractivity contribution is 1.03. The van der Waals surface area contributed by atoms with Gasteiger partial charge in [-0.3, -0.25) is 0 Å². The highest BCUT2D eigenvalue weighted by molar-refractivity contribution is 9.10. The first kappa shape index (κ1) is 12.4. The van der Waals surface area contributed by atoms with E-state index in [-0.39, 0.29) is 6.04 Å². The minimum atomic E-state index is -0.340. The Morgan fingerprint density at radius 1 is 1.35 bits per heavy atom. The number of nitriles is 1. The normalized spacial score (nSPS) is 11.8. The summed E-state index contributed by atoms with van der Waals surface area (Å²) in [5, 5.41) is 15.0. The van der Waals surface area contributed by atoms with Gasteiger partial charge in [-0.15, -0.1) is 11.3 Å². The van der Waals surface area contributed by atoms with Crippen LogP contribution in [0, 0.1) is 11.3 Å². The van der Waals surface area contributed by atoms with E-state index in [1.807, 2.05) is 23.6 Å². The molecular formula is C12H8BrClN2S. The molecule has 0 bridgehead atoms. The molecule has 0 saturated carbocycles. The number of nitrogens with one attached hydrogen (secondary N) is 1. The molecule has 2 nitrogen and oxygen atoms in total. The van der Waals surface area contributed by atoms with Crippen LogP contribution in [-0.4, -0.2) is 0 Å². The van der Waals surface area contributed by atoms with Crippen LogP contribution in [0.3, 0.4) is 0 Å². The second kappa shape index (κ2) is 5.54. The van der Waals surface area contributed by atoms with E-state index >= 15 is 0 Å². The molecule has 5 heteroatoms. The molecule has 1 aromatic heterocycles. The molecule has 1 N–H and O–H groups in total. The van der Waals surface area contributed by atoms with Crippen LogP contribution in [0.1, 0.15) is 10.9 Å². The second-order valence-corrected chi connectivity index (χ2v) is 5.68. The van der Waals surface area contributed by atoms with Gasteiger partial charge >= 0.3 is 0 Å². The molecule has 2 rings (SSSR count). The maximum Gasteiger partial charge on any atom is 0.149 e. The molecule has 0 aliphatic heterocycles. The fourth-order valence-corrected chi connectivity index (χ4v) is 2.92. The van der Waals surface area contributed by atoms with Crippen LogP contribution in [0.25, 0.3) is 0 Å². The molecule has 0 amide bonds. The third-order valence-electron chi connectivity index (χ3n) is 2.16. The van der Waals surface area contributed by atoms with Crippen molar-refractivity contribution in [3.05, 3.63) is 50.1 Å². The largest absolute Gasteiger partial charge is 0.366 e. The van der Waals surface area contributed by atoms with Gasteiger partial charge < -0.3 is 5.32 Å². The van der Waals surface area contributed by atoms with Gasteiger partial charge in [-0.25, -0.2) is 0 Å². The predicted octanol–water partition coefficient (Wildman–Crippen LogP) is 4.84. The van der Waals surface area contributed by atoms with Gasteiger partial charge in [0.2, 0.25) is 0 Å². The number of halogens is 2. The van der Waals surface area contributed by atoms with Crippen molar-refractivity contribution in [1.82, 2.24) is 0 Å². The van der Waals surface area contributed by atoms with E-state index in [1.165, 1.54) is 0 Å². The summed E-state index contributed by atoms with van der Waals surface area (Å²) in [4.78, 5) is 0.981. The summed E-state index contributed by atoms with van der Waals surface area (Å²) in [6.45, 7) is 0. The van der Waals surface area contributed by atoms with Crippen LogP contribution in [-0.2, 0) is 0 Å². The molecule has 2 aromatic rings. The maximum atomic E-state index is 9.16. The first-order valence-corrected chi connectivity index (χ1v) is 6.90. The lowest BCUT2D eigenvalue weighted by atomic mass is 10.2. The Kier molecular flexibility index (Phi) is 4.06. The minimum absolute atomic E-state index is 0.340. The van der Waals surface area contributed by atoms with Crippen molar-refractivity contribution in [2.75, 3.05) is 5.32 Å². The van der Waals surface area contributed by atoms with Gasteiger partial charge in [0.15, 0.2) is 0 Å².